The highest BCUT2D eigenvalue weighted by Gasteiger charge is 2.15. The molecule has 118 valence electrons. The maximum Gasteiger partial charge on any atom is 0.119 e. The standard InChI is InChI=1S/C19H31NO/c1-3-14-20-16(2)8-9-17-10-12-19(13-11-17)21-15-18-6-4-5-7-18/h10-13,16,18,20H,3-9,14-15H2,1-2H3. The van der Waals surface area contributed by atoms with E-state index in [1.54, 1.807) is 0 Å². The lowest BCUT2D eigenvalue weighted by molar-refractivity contribution is 0.252. The summed E-state index contributed by atoms with van der Waals surface area (Å²) in [6, 6.07) is 9.30. The molecule has 1 atom stereocenters. The Hall–Kier alpha value is -1.02. The molecule has 1 aliphatic rings. The van der Waals surface area contributed by atoms with Crippen molar-refractivity contribution in [3.8, 4) is 5.75 Å². The Bertz CT molecular complexity index is 381. The number of ether oxygens (including phenoxy) is 1. The molecule has 1 aromatic rings. The zero-order valence-corrected chi connectivity index (χ0v) is 13.7. The SMILES string of the molecule is CCCNC(C)CCc1ccc(OCC2CCCC2)cc1. The molecule has 1 aromatic carbocycles. The molecule has 0 saturated heterocycles. The predicted octanol–water partition coefficient (Wildman–Crippen LogP) is 4.58. The molecule has 1 aliphatic carbocycles. The molecular formula is C19H31NO. The summed E-state index contributed by atoms with van der Waals surface area (Å²) in [5, 5.41) is 3.54. The lowest BCUT2D eigenvalue weighted by Crippen LogP contribution is -2.27. The molecular weight excluding hydrogens is 258 g/mol. The van der Waals surface area contributed by atoms with Gasteiger partial charge in [0.1, 0.15) is 5.75 Å². The Morgan fingerprint density at radius 2 is 1.90 bits per heavy atom. The number of rotatable bonds is 9. The third-order valence-electron chi connectivity index (χ3n) is 4.49. The second-order valence-corrected chi connectivity index (χ2v) is 6.50. The summed E-state index contributed by atoms with van der Waals surface area (Å²) in [6.07, 6.45) is 9.01. The van der Waals surface area contributed by atoms with Crippen molar-refractivity contribution in [2.45, 2.75) is 64.8 Å². The average Bonchev–Trinajstić information content (AvgIpc) is 3.03. The minimum Gasteiger partial charge on any atom is -0.493 e. The summed E-state index contributed by atoms with van der Waals surface area (Å²) in [4.78, 5) is 0. The van der Waals surface area contributed by atoms with Crippen LogP contribution in [0.2, 0.25) is 0 Å². The first-order valence-electron chi connectivity index (χ1n) is 8.73. The van der Waals surface area contributed by atoms with Gasteiger partial charge in [-0.25, -0.2) is 0 Å². The highest BCUT2D eigenvalue weighted by molar-refractivity contribution is 5.27. The van der Waals surface area contributed by atoms with E-state index in [1.165, 1.54) is 44.1 Å². The van der Waals surface area contributed by atoms with Crippen molar-refractivity contribution in [1.82, 2.24) is 5.32 Å². The van der Waals surface area contributed by atoms with Crippen molar-refractivity contribution in [3.05, 3.63) is 29.8 Å². The number of aryl methyl sites for hydroxylation is 1. The van der Waals surface area contributed by atoms with Gasteiger partial charge in [-0.3, -0.25) is 0 Å². The van der Waals surface area contributed by atoms with Crippen LogP contribution in [0.3, 0.4) is 0 Å². The number of hydrogen-bond acceptors (Lipinski definition) is 2. The van der Waals surface area contributed by atoms with Crippen molar-refractivity contribution in [3.63, 3.8) is 0 Å². The average molecular weight is 289 g/mol. The zero-order valence-electron chi connectivity index (χ0n) is 13.7. The van der Waals surface area contributed by atoms with Crippen LogP contribution >= 0.6 is 0 Å². The fraction of sp³-hybridized carbons (Fsp3) is 0.684. The molecule has 0 radical (unpaired) electrons. The molecule has 0 aromatic heterocycles. The van der Waals surface area contributed by atoms with Gasteiger partial charge in [-0.15, -0.1) is 0 Å². The number of benzene rings is 1. The fourth-order valence-corrected chi connectivity index (χ4v) is 3.02. The van der Waals surface area contributed by atoms with E-state index in [9.17, 15) is 0 Å². The monoisotopic (exact) mass is 289 g/mol. The van der Waals surface area contributed by atoms with Crippen LogP contribution in [0.4, 0.5) is 0 Å². The Kier molecular flexibility index (Phi) is 7.08. The van der Waals surface area contributed by atoms with E-state index >= 15 is 0 Å². The molecule has 2 heteroatoms. The topological polar surface area (TPSA) is 21.3 Å². The highest BCUT2D eigenvalue weighted by Crippen LogP contribution is 2.25. The second kappa shape index (κ2) is 9.09. The van der Waals surface area contributed by atoms with Gasteiger partial charge < -0.3 is 10.1 Å². The van der Waals surface area contributed by atoms with Crippen LogP contribution in [0.5, 0.6) is 5.75 Å². The summed E-state index contributed by atoms with van der Waals surface area (Å²) >= 11 is 0. The minimum atomic E-state index is 0.600. The van der Waals surface area contributed by atoms with Gasteiger partial charge in [0.25, 0.3) is 0 Å². The quantitative estimate of drug-likeness (QED) is 0.718. The lowest BCUT2D eigenvalue weighted by atomic mass is 10.1. The normalized spacial score (nSPS) is 17.0. The van der Waals surface area contributed by atoms with E-state index in [4.69, 9.17) is 4.74 Å². The van der Waals surface area contributed by atoms with Crippen molar-refractivity contribution in [2.75, 3.05) is 13.2 Å². The Morgan fingerprint density at radius 1 is 1.19 bits per heavy atom. The fourth-order valence-electron chi connectivity index (χ4n) is 3.02. The summed E-state index contributed by atoms with van der Waals surface area (Å²) < 4.78 is 5.91. The van der Waals surface area contributed by atoms with Crippen LogP contribution in [0.15, 0.2) is 24.3 Å². The van der Waals surface area contributed by atoms with Crippen molar-refractivity contribution >= 4 is 0 Å². The third-order valence-corrected chi connectivity index (χ3v) is 4.49. The summed E-state index contributed by atoms with van der Waals surface area (Å²) in [6.45, 7) is 6.51. The molecule has 0 aliphatic heterocycles. The number of hydrogen-bond donors (Lipinski definition) is 1. The summed E-state index contributed by atoms with van der Waals surface area (Å²) in [5.74, 6) is 1.82. The first-order valence-corrected chi connectivity index (χ1v) is 8.73. The van der Waals surface area contributed by atoms with Gasteiger partial charge in [0, 0.05) is 6.04 Å². The smallest absolute Gasteiger partial charge is 0.119 e. The second-order valence-electron chi connectivity index (χ2n) is 6.50. The van der Waals surface area contributed by atoms with Gasteiger partial charge >= 0.3 is 0 Å². The van der Waals surface area contributed by atoms with E-state index in [1.807, 2.05) is 0 Å². The molecule has 1 N–H and O–H groups in total. The van der Waals surface area contributed by atoms with Gasteiger partial charge in [0.15, 0.2) is 0 Å². The van der Waals surface area contributed by atoms with Gasteiger partial charge in [-0.1, -0.05) is 31.9 Å². The van der Waals surface area contributed by atoms with Gasteiger partial charge in [-0.05, 0) is 69.2 Å². The molecule has 1 unspecified atom stereocenters. The highest BCUT2D eigenvalue weighted by atomic mass is 16.5. The van der Waals surface area contributed by atoms with E-state index < -0.39 is 0 Å². The molecule has 0 heterocycles. The molecule has 1 saturated carbocycles. The Labute approximate surface area is 130 Å². The van der Waals surface area contributed by atoms with Crippen LogP contribution in [0.1, 0.15) is 57.9 Å². The van der Waals surface area contributed by atoms with E-state index in [0.717, 1.165) is 31.2 Å². The van der Waals surface area contributed by atoms with E-state index in [2.05, 4.69) is 43.4 Å². The maximum atomic E-state index is 5.91. The lowest BCUT2D eigenvalue weighted by Gasteiger charge is -2.14. The van der Waals surface area contributed by atoms with Crippen LogP contribution in [0.25, 0.3) is 0 Å². The minimum absolute atomic E-state index is 0.600. The van der Waals surface area contributed by atoms with Gasteiger partial charge in [-0.2, -0.15) is 0 Å². The largest absolute Gasteiger partial charge is 0.493 e. The molecule has 0 spiro atoms. The predicted molar refractivity (Wildman–Crippen MR) is 90.0 cm³/mol. The van der Waals surface area contributed by atoms with Crippen LogP contribution in [-0.2, 0) is 6.42 Å². The molecule has 0 amide bonds. The Morgan fingerprint density at radius 3 is 2.57 bits per heavy atom. The zero-order chi connectivity index (χ0) is 14.9. The van der Waals surface area contributed by atoms with Crippen molar-refractivity contribution in [2.24, 2.45) is 5.92 Å². The molecule has 1 fully saturated rings. The van der Waals surface area contributed by atoms with Gasteiger partial charge in [0.2, 0.25) is 0 Å². The summed E-state index contributed by atoms with van der Waals surface area (Å²) in [5.41, 5.74) is 1.41. The summed E-state index contributed by atoms with van der Waals surface area (Å²) in [7, 11) is 0. The molecule has 21 heavy (non-hydrogen) atoms. The van der Waals surface area contributed by atoms with E-state index in [0.29, 0.717) is 6.04 Å². The van der Waals surface area contributed by atoms with Crippen LogP contribution in [0, 0.1) is 5.92 Å². The number of nitrogens with one attached hydrogen (secondary N) is 1. The van der Waals surface area contributed by atoms with Crippen molar-refractivity contribution < 1.29 is 4.74 Å². The first kappa shape index (κ1) is 16.4. The Balaban J connectivity index is 1.68. The maximum absolute atomic E-state index is 5.91. The van der Waals surface area contributed by atoms with E-state index in [-0.39, 0.29) is 0 Å². The molecule has 2 rings (SSSR count). The third kappa shape index (κ3) is 6.09. The van der Waals surface area contributed by atoms with Crippen molar-refractivity contribution in [1.29, 1.82) is 0 Å². The van der Waals surface area contributed by atoms with Gasteiger partial charge in [0.05, 0.1) is 6.61 Å². The molecule has 2 nitrogen and oxygen atoms in total. The van der Waals surface area contributed by atoms with Crippen LogP contribution < -0.4 is 10.1 Å². The molecule has 0 bridgehead atoms. The first-order chi connectivity index (χ1) is 10.3. The van der Waals surface area contributed by atoms with Crippen LogP contribution in [-0.4, -0.2) is 19.2 Å².